The zero-order valence-corrected chi connectivity index (χ0v) is 12.9. The van der Waals surface area contributed by atoms with E-state index in [4.69, 9.17) is 0 Å². The zero-order valence-electron chi connectivity index (χ0n) is 12.9. The second-order valence-corrected chi connectivity index (χ2v) is 7.17. The molecule has 3 saturated carbocycles. The average molecular weight is 292 g/mol. The average Bonchev–Trinajstić information content (AvgIpc) is 3.32. The first-order valence-corrected chi connectivity index (χ1v) is 8.83. The Hall–Kier alpha value is -1.06. The standard InChI is InChI=1S/C17H28N2O2/c20-16(18-14-4-2-1-3-5-14)12-6-8-13(9-7-12)17(21)19-15-10-11-15/h12-15H,1-11H2,(H,18,20)(H,19,21). The van der Waals surface area contributed by atoms with Crippen molar-refractivity contribution in [1.82, 2.24) is 10.6 Å². The molecule has 0 aromatic carbocycles. The van der Waals surface area contributed by atoms with Crippen LogP contribution in [0.1, 0.15) is 70.6 Å². The largest absolute Gasteiger partial charge is 0.353 e. The molecule has 3 aliphatic carbocycles. The highest BCUT2D eigenvalue weighted by atomic mass is 16.2. The number of rotatable bonds is 4. The van der Waals surface area contributed by atoms with E-state index in [1.807, 2.05) is 0 Å². The van der Waals surface area contributed by atoms with Crippen LogP contribution in [-0.2, 0) is 9.59 Å². The molecule has 3 rings (SSSR count). The summed E-state index contributed by atoms with van der Waals surface area (Å²) in [7, 11) is 0. The summed E-state index contributed by atoms with van der Waals surface area (Å²) in [6, 6.07) is 0.854. The first-order valence-electron chi connectivity index (χ1n) is 8.83. The summed E-state index contributed by atoms with van der Waals surface area (Å²) in [5.41, 5.74) is 0. The molecule has 118 valence electrons. The number of carbonyl (C=O) groups excluding carboxylic acids is 2. The van der Waals surface area contributed by atoms with Crippen LogP contribution in [0, 0.1) is 11.8 Å². The van der Waals surface area contributed by atoms with Gasteiger partial charge >= 0.3 is 0 Å². The van der Waals surface area contributed by atoms with Gasteiger partial charge in [-0.25, -0.2) is 0 Å². The van der Waals surface area contributed by atoms with E-state index in [9.17, 15) is 9.59 Å². The minimum atomic E-state index is 0.136. The van der Waals surface area contributed by atoms with Crippen molar-refractivity contribution in [3.05, 3.63) is 0 Å². The van der Waals surface area contributed by atoms with E-state index in [0.717, 1.165) is 51.4 Å². The molecule has 0 aromatic heterocycles. The second kappa shape index (κ2) is 6.80. The van der Waals surface area contributed by atoms with Crippen LogP contribution in [-0.4, -0.2) is 23.9 Å². The number of carbonyl (C=O) groups is 2. The minimum absolute atomic E-state index is 0.136. The summed E-state index contributed by atoms with van der Waals surface area (Å²) in [5, 5.41) is 6.33. The number of hydrogen-bond acceptors (Lipinski definition) is 2. The fourth-order valence-electron chi connectivity index (χ4n) is 3.73. The van der Waals surface area contributed by atoms with Gasteiger partial charge in [-0.15, -0.1) is 0 Å². The van der Waals surface area contributed by atoms with E-state index in [-0.39, 0.29) is 23.7 Å². The van der Waals surface area contributed by atoms with Gasteiger partial charge in [0.15, 0.2) is 0 Å². The maximum atomic E-state index is 12.3. The summed E-state index contributed by atoms with van der Waals surface area (Å²) >= 11 is 0. The van der Waals surface area contributed by atoms with Crippen LogP contribution in [0.2, 0.25) is 0 Å². The molecule has 0 bridgehead atoms. The van der Waals surface area contributed by atoms with Gasteiger partial charge in [0.05, 0.1) is 0 Å². The van der Waals surface area contributed by atoms with Crippen LogP contribution in [0.3, 0.4) is 0 Å². The quantitative estimate of drug-likeness (QED) is 0.836. The molecule has 0 unspecified atom stereocenters. The number of hydrogen-bond donors (Lipinski definition) is 2. The third-order valence-corrected chi connectivity index (χ3v) is 5.34. The van der Waals surface area contributed by atoms with Crippen molar-refractivity contribution in [1.29, 1.82) is 0 Å². The summed E-state index contributed by atoms with van der Waals surface area (Å²) in [6.45, 7) is 0. The normalized spacial score (nSPS) is 30.7. The molecule has 0 atom stereocenters. The van der Waals surface area contributed by atoms with Crippen molar-refractivity contribution in [3.8, 4) is 0 Å². The van der Waals surface area contributed by atoms with E-state index >= 15 is 0 Å². The molecule has 0 aliphatic heterocycles. The molecular formula is C17H28N2O2. The Morgan fingerprint density at radius 2 is 1.00 bits per heavy atom. The zero-order chi connectivity index (χ0) is 14.7. The third-order valence-electron chi connectivity index (χ3n) is 5.34. The van der Waals surface area contributed by atoms with Crippen LogP contribution in [0.4, 0.5) is 0 Å². The highest BCUT2D eigenvalue weighted by Crippen LogP contribution is 2.30. The monoisotopic (exact) mass is 292 g/mol. The summed E-state index contributed by atoms with van der Waals surface area (Å²) in [6.07, 6.45) is 11.9. The Labute approximate surface area is 127 Å². The van der Waals surface area contributed by atoms with E-state index in [2.05, 4.69) is 10.6 Å². The molecule has 3 aliphatic rings. The third kappa shape index (κ3) is 4.21. The lowest BCUT2D eigenvalue weighted by Crippen LogP contribution is -2.42. The van der Waals surface area contributed by atoms with Crippen molar-refractivity contribution in [3.63, 3.8) is 0 Å². The van der Waals surface area contributed by atoms with Gasteiger partial charge in [0.1, 0.15) is 0 Å². The highest BCUT2D eigenvalue weighted by molar-refractivity contribution is 5.81. The lowest BCUT2D eigenvalue weighted by atomic mass is 9.81. The molecule has 0 heterocycles. The predicted octanol–water partition coefficient (Wildman–Crippen LogP) is 2.52. The van der Waals surface area contributed by atoms with Gasteiger partial charge in [-0.3, -0.25) is 9.59 Å². The molecule has 3 fully saturated rings. The van der Waals surface area contributed by atoms with E-state index in [1.54, 1.807) is 0 Å². The van der Waals surface area contributed by atoms with Gasteiger partial charge in [-0.05, 0) is 51.4 Å². The van der Waals surface area contributed by atoms with E-state index < -0.39 is 0 Å². The van der Waals surface area contributed by atoms with Crippen molar-refractivity contribution in [2.24, 2.45) is 11.8 Å². The fourth-order valence-corrected chi connectivity index (χ4v) is 3.73. The van der Waals surface area contributed by atoms with Gasteiger partial charge in [-0.2, -0.15) is 0 Å². The van der Waals surface area contributed by atoms with Gasteiger partial charge in [0, 0.05) is 23.9 Å². The molecule has 0 radical (unpaired) electrons. The summed E-state index contributed by atoms with van der Waals surface area (Å²) < 4.78 is 0. The molecule has 0 saturated heterocycles. The first-order chi connectivity index (χ1) is 10.2. The molecule has 0 spiro atoms. The summed E-state index contributed by atoms with van der Waals surface area (Å²) in [4.78, 5) is 24.3. The fraction of sp³-hybridized carbons (Fsp3) is 0.882. The lowest BCUT2D eigenvalue weighted by Gasteiger charge is -2.29. The Morgan fingerprint density at radius 1 is 0.571 bits per heavy atom. The number of nitrogens with one attached hydrogen (secondary N) is 2. The van der Waals surface area contributed by atoms with Crippen molar-refractivity contribution >= 4 is 11.8 Å². The van der Waals surface area contributed by atoms with Crippen LogP contribution in [0.5, 0.6) is 0 Å². The van der Waals surface area contributed by atoms with Gasteiger partial charge in [0.2, 0.25) is 11.8 Å². The SMILES string of the molecule is O=C(NC1CCCCC1)C1CCC(C(=O)NC2CC2)CC1. The first kappa shape index (κ1) is 14.9. The molecule has 0 aromatic rings. The maximum absolute atomic E-state index is 12.3. The van der Waals surface area contributed by atoms with E-state index in [1.165, 1.54) is 19.3 Å². The molecule has 21 heavy (non-hydrogen) atoms. The van der Waals surface area contributed by atoms with Crippen molar-refractivity contribution < 1.29 is 9.59 Å². The topological polar surface area (TPSA) is 58.2 Å². The Balaban J connectivity index is 1.39. The molecular weight excluding hydrogens is 264 g/mol. The molecule has 2 amide bonds. The Kier molecular flexibility index (Phi) is 4.81. The molecule has 4 heteroatoms. The van der Waals surface area contributed by atoms with Gasteiger partial charge in [-0.1, -0.05) is 19.3 Å². The molecule has 2 N–H and O–H groups in total. The molecule has 4 nitrogen and oxygen atoms in total. The van der Waals surface area contributed by atoms with Gasteiger partial charge < -0.3 is 10.6 Å². The minimum Gasteiger partial charge on any atom is -0.353 e. The highest BCUT2D eigenvalue weighted by Gasteiger charge is 2.33. The van der Waals surface area contributed by atoms with Gasteiger partial charge in [0.25, 0.3) is 0 Å². The second-order valence-electron chi connectivity index (χ2n) is 7.17. The maximum Gasteiger partial charge on any atom is 0.223 e. The van der Waals surface area contributed by atoms with E-state index in [0.29, 0.717) is 12.1 Å². The van der Waals surface area contributed by atoms with Crippen LogP contribution >= 0.6 is 0 Å². The predicted molar refractivity (Wildman–Crippen MR) is 81.6 cm³/mol. The Bertz CT molecular complexity index is 378. The smallest absolute Gasteiger partial charge is 0.223 e. The van der Waals surface area contributed by atoms with Crippen LogP contribution < -0.4 is 10.6 Å². The number of amides is 2. The summed E-state index contributed by atoms with van der Waals surface area (Å²) in [5.74, 6) is 0.743. The Morgan fingerprint density at radius 3 is 1.43 bits per heavy atom. The van der Waals surface area contributed by atoms with Crippen LogP contribution in [0.25, 0.3) is 0 Å². The lowest BCUT2D eigenvalue weighted by molar-refractivity contribution is -0.131. The van der Waals surface area contributed by atoms with Crippen molar-refractivity contribution in [2.75, 3.05) is 0 Å². The van der Waals surface area contributed by atoms with Crippen LogP contribution in [0.15, 0.2) is 0 Å². The van der Waals surface area contributed by atoms with Crippen molar-refractivity contribution in [2.45, 2.75) is 82.7 Å².